The number of hydrogen-bond donors (Lipinski definition) is 0. The second kappa shape index (κ2) is 29.7. The minimum absolute atomic E-state index is 1.21. The molecule has 0 aromatic heterocycles. The zero-order chi connectivity index (χ0) is 22.5. The monoisotopic (exact) mass is 434 g/mol. The van der Waals surface area contributed by atoms with E-state index in [9.17, 15) is 0 Å². The Balaban J connectivity index is 2.98. The van der Waals surface area contributed by atoms with E-state index in [1.165, 1.54) is 180 Å². The van der Waals surface area contributed by atoms with Gasteiger partial charge in [-0.1, -0.05) is 180 Å². The maximum Gasteiger partial charge on any atom is -0.0353 e. The quantitative estimate of drug-likeness (QED) is 0.0848. The minimum Gasteiger partial charge on any atom is -0.103 e. The van der Waals surface area contributed by atoms with E-state index in [1.54, 1.807) is 0 Å². The van der Waals surface area contributed by atoms with Gasteiger partial charge in [0.25, 0.3) is 0 Å². The Kier molecular flexibility index (Phi) is 29.5. The molecular formula is C31H62. The van der Waals surface area contributed by atoms with Crippen LogP contribution in [0.15, 0.2) is 12.7 Å². The van der Waals surface area contributed by atoms with Crippen molar-refractivity contribution < 1.29 is 0 Å². The highest BCUT2D eigenvalue weighted by atomic mass is 14.0. The molecule has 0 spiro atoms. The van der Waals surface area contributed by atoms with Crippen LogP contribution in [-0.2, 0) is 0 Å². The molecule has 0 aliphatic heterocycles. The predicted molar refractivity (Wildman–Crippen MR) is 145 cm³/mol. The van der Waals surface area contributed by atoms with Crippen molar-refractivity contribution in [3.63, 3.8) is 0 Å². The summed E-state index contributed by atoms with van der Waals surface area (Å²) in [7, 11) is 0. The molecule has 0 fully saturated rings. The van der Waals surface area contributed by atoms with Gasteiger partial charge < -0.3 is 0 Å². The molecule has 0 unspecified atom stereocenters. The maximum absolute atomic E-state index is 3.79. The lowest BCUT2D eigenvalue weighted by Gasteiger charge is -2.04. The average Bonchev–Trinajstić information content (AvgIpc) is 2.78. The minimum atomic E-state index is 1.21. The van der Waals surface area contributed by atoms with Gasteiger partial charge in [-0.15, -0.1) is 6.58 Å². The zero-order valence-corrected chi connectivity index (χ0v) is 22.1. The Morgan fingerprint density at radius 3 is 0.710 bits per heavy atom. The first-order valence-corrected chi connectivity index (χ1v) is 15.0. The van der Waals surface area contributed by atoms with Gasteiger partial charge in [0.1, 0.15) is 0 Å². The van der Waals surface area contributed by atoms with Crippen LogP contribution in [0.5, 0.6) is 0 Å². The van der Waals surface area contributed by atoms with Crippen LogP contribution >= 0.6 is 0 Å². The van der Waals surface area contributed by atoms with Crippen LogP contribution in [0.25, 0.3) is 0 Å². The number of rotatable bonds is 28. The van der Waals surface area contributed by atoms with E-state index in [0.29, 0.717) is 0 Å². The molecule has 0 N–H and O–H groups in total. The van der Waals surface area contributed by atoms with Gasteiger partial charge in [-0.3, -0.25) is 0 Å². The molecule has 186 valence electrons. The van der Waals surface area contributed by atoms with E-state index in [0.717, 1.165) is 0 Å². The Labute approximate surface area is 199 Å². The first-order chi connectivity index (χ1) is 15.4. The highest BCUT2D eigenvalue weighted by molar-refractivity contribution is 4.65. The van der Waals surface area contributed by atoms with Crippen LogP contribution in [0, 0.1) is 0 Å². The highest BCUT2D eigenvalue weighted by Crippen LogP contribution is 2.16. The van der Waals surface area contributed by atoms with Crippen molar-refractivity contribution in [2.45, 2.75) is 187 Å². The fourth-order valence-corrected chi connectivity index (χ4v) is 4.78. The van der Waals surface area contributed by atoms with Gasteiger partial charge in [0, 0.05) is 0 Å². The van der Waals surface area contributed by atoms with E-state index >= 15 is 0 Å². The van der Waals surface area contributed by atoms with Crippen LogP contribution in [-0.4, -0.2) is 0 Å². The third-order valence-corrected chi connectivity index (χ3v) is 7.01. The summed E-state index contributed by atoms with van der Waals surface area (Å²) in [5.41, 5.74) is 0. The molecule has 0 heteroatoms. The number of hydrogen-bond acceptors (Lipinski definition) is 0. The van der Waals surface area contributed by atoms with E-state index in [-0.39, 0.29) is 0 Å². The first kappa shape index (κ1) is 30.7. The van der Waals surface area contributed by atoms with E-state index in [2.05, 4.69) is 19.6 Å². The highest BCUT2D eigenvalue weighted by Gasteiger charge is 1.96. The molecule has 0 nitrogen and oxygen atoms in total. The smallest absolute Gasteiger partial charge is 0.0353 e. The van der Waals surface area contributed by atoms with Gasteiger partial charge in [0.2, 0.25) is 0 Å². The molecule has 0 heterocycles. The second-order valence-corrected chi connectivity index (χ2v) is 10.3. The predicted octanol–water partition coefficient (Wildman–Crippen LogP) is 12.1. The van der Waals surface area contributed by atoms with E-state index < -0.39 is 0 Å². The zero-order valence-electron chi connectivity index (χ0n) is 22.1. The first-order valence-electron chi connectivity index (χ1n) is 15.0. The van der Waals surface area contributed by atoms with Gasteiger partial charge in [0.05, 0.1) is 0 Å². The summed E-state index contributed by atoms with van der Waals surface area (Å²) in [6, 6.07) is 0. The molecule has 0 aromatic rings. The second-order valence-electron chi connectivity index (χ2n) is 10.3. The Hall–Kier alpha value is -0.260. The topological polar surface area (TPSA) is 0 Å². The van der Waals surface area contributed by atoms with Gasteiger partial charge in [0.15, 0.2) is 0 Å². The Morgan fingerprint density at radius 2 is 0.516 bits per heavy atom. The van der Waals surface area contributed by atoms with Crippen LogP contribution in [0.4, 0.5) is 0 Å². The summed E-state index contributed by atoms with van der Waals surface area (Å²) < 4.78 is 0. The van der Waals surface area contributed by atoms with E-state index in [4.69, 9.17) is 0 Å². The van der Waals surface area contributed by atoms with Crippen molar-refractivity contribution in [2.24, 2.45) is 0 Å². The summed E-state index contributed by atoms with van der Waals surface area (Å²) in [4.78, 5) is 0. The lowest BCUT2D eigenvalue weighted by molar-refractivity contribution is 0.515. The molecule has 0 aromatic carbocycles. The van der Waals surface area contributed by atoms with Gasteiger partial charge in [-0.05, 0) is 12.8 Å². The average molecular weight is 435 g/mol. The molecule has 0 saturated carbocycles. The van der Waals surface area contributed by atoms with Gasteiger partial charge in [-0.2, -0.15) is 0 Å². The molecule has 0 bridgehead atoms. The Morgan fingerprint density at radius 1 is 0.323 bits per heavy atom. The van der Waals surface area contributed by atoms with Crippen molar-refractivity contribution in [1.29, 1.82) is 0 Å². The van der Waals surface area contributed by atoms with Gasteiger partial charge >= 0.3 is 0 Å². The molecule has 0 aliphatic carbocycles. The summed E-state index contributed by atoms with van der Waals surface area (Å²) in [5.74, 6) is 0. The van der Waals surface area contributed by atoms with Crippen LogP contribution in [0.3, 0.4) is 0 Å². The summed E-state index contributed by atoms with van der Waals surface area (Å²) in [6.07, 6.45) is 42.9. The molecule has 0 radical (unpaired) electrons. The maximum atomic E-state index is 3.79. The van der Waals surface area contributed by atoms with Crippen molar-refractivity contribution in [3.8, 4) is 0 Å². The third-order valence-electron chi connectivity index (χ3n) is 7.01. The van der Waals surface area contributed by atoms with E-state index in [1.807, 2.05) is 0 Å². The fraction of sp³-hybridized carbons (Fsp3) is 0.935. The van der Waals surface area contributed by atoms with Crippen molar-refractivity contribution in [2.75, 3.05) is 0 Å². The molecule has 0 saturated heterocycles. The summed E-state index contributed by atoms with van der Waals surface area (Å²) in [6.45, 7) is 6.10. The lowest BCUT2D eigenvalue weighted by atomic mass is 10.0. The largest absolute Gasteiger partial charge is 0.103 e. The number of allylic oxidation sites excluding steroid dienone is 1. The summed E-state index contributed by atoms with van der Waals surface area (Å²) in [5, 5.41) is 0. The fourth-order valence-electron chi connectivity index (χ4n) is 4.78. The molecule has 0 rings (SSSR count). The van der Waals surface area contributed by atoms with Crippen molar-refractivity contribution in [1.82, 2.24) is 0 Å². The van der Waals surface area contributed by atoms with Crippen molar-refractivity contribution in [3.05, 3.63) is 12.7 Å². The van der Waals surface area contributed by atoms with Crippen LogP contribution in [0.1, 0.15) is 187 Å². The third kappa shape index (κ3) is 29.7. The molecule has 0 amide bonds. The normalized spacial score (nSPS) is 11.3. The summed E-state index contributed by atoms with van der Waals surface area (Å²) >= 11 is 0. The Bertz CT molecular complexity index is 305. The molecule has 31 heavy (non-hydrogen) atoms. The lowest BCUT2D eigenvalue weighted by Crippen LogP contribution is -1.84. The molecule has 0 aliphatic rings. The molecular weight excluding hydrogens is 372 g/mol. The van der Waals surface area contributed by atoms with Gasteiger partial charge in [-0.25, -0.2) is 0 Å². The van der Waals surface area contributed by atoms with Crippen molar-refractivity contribution >= 4 is 0 Å². The standard InChI is InChI=1S/C31H62/c1-3-5-7-9-11-13-15-17-19-21-23-25-27-29-31-30-28-26-24-22-20-18-16-14-12-10-8-6-4-2/h3H,1,4-31H2,2H3. The number of unbranched alkanes of at least 4 members (excludes halogenated alkanes) is 27. The SMILES string of the molecule is C=CCCCCCCCCCCCCCCCCCCCCCCCCCCCCC. The van der Waals surface area contributed by atoms with Crippen LogP contribution in [0.2, 0.25) is 0 Å². The van der Waals surface area contributed by atoms with Crippen LogP contribution < -0.4 is 0 Å². The molecule has 0 atom stereocenters.